The van der Waals surface area contributed by atoms with Crippen molar-refractivity contribution in [3.05, 3.63) is 12.2 Å². The Balaban J connectivity index is 2.44. The summed E-state index contributed by atoms with van der Waals surface area (Å²) in [7, 11) is 0. The van der Waals surface area contributed by atoms with Crippen LogP contribution >= 0.6 is 22.6 Å². The van der Waals surface area contributed by atoms with Gasteiger partial charge in [-0.3, -0.25) is 0 Å². The van der Waals surface area contributed by atoms with Crippen molar-refractivity contribution in [1.29, 1.82) is 0 Å². The Hall–Kier alpha value is 0.400. The van der Waals surface area contributed by atoms with Gasteiger partial charge < -0.3 is 0 Å². The molecule has 46 valence electrons. The molecule has 0 heterocycles. The molecule has 0 aliphatic heterocycles. The van der Waals surface area contributed by atoms with Gasteiger partial charge in [0.05, 0.1) is 0 Å². The fraction of sp³-hybridized carbons (Fsp3) is 0.667. The molecule has 0 aromatic carbocycles. The van der Waals surface area contributed by atoms with Gasteiger partial charge in [-0.15, -0.1) is 0 Å². The van der Waals surface area contributed by atoms with E-state index < -0.39 is 6.17 Å². The molecule has 0 bridgehead atoms. The minimum atomic E-state index is -0.597. The predicted octanol–water partition coefficient (Wildman–Crippen LogP) is 2.48. The van der Waals surface area contributed by atoms with Crippen molar-refractivity contribution in [2.24, 2.45) is 0 Å². The largest absolute Gasteiger partial charge is 0.246 e. The molecule has 0 unspecified atom stereocenters. The topological polar surface area (TPSA) is 0 Å². The van der Waals surface area contributed by atoms with Crippen molar-refractivity contribution in [3.63, 3.8) is 0 Å². The molecule has 0 spiro atoms. The molecule has 0 saturated heterocycles. The third-order valence-corrected chi connectivity index (χ3v) is 2.57. The first-order valence-electron chi connectivity index (χ1n) is 2.74. The molecule has 0 aromatic rings. The Morgan fingerprint density at radius 1 is 1.38 bits per heavy atom. The zero-order valence-electron chi connectivity index (χ0n) is 4.48. The fourth-order valence-corrected chi connectivity index (χ4v) is 1.33. The van der Waals surface area contributed by atoms with Crippen LogP contribution < -0.4 is 0 Å². The van der Waals surface area contributed by atoms with Crippen molar-refractivity contribution in [2.45, 2.75) is 22.9 Å². The van der Waals surface area contributed by atoms with E-state index in [-0.39, 0.29) is 3.92 Å². The van der Waals surface area contributed by atoms with Crippen LogP contribution in [0.5, 0.6) is 0 Å². The molecular formula is C6H8FI. The summed E-state index contributed by atoms with van der Waals surface area (Å²) >= 11 is 2.16. The van der Waals surface area contributed by atoms with Crippen molar-refractivity contribution >= 4 is 22.6 Å². The average molecular weight is 226 g/mol. The van der Waals surface area contributed by atoms with E-state index in [0.29, 0.717) is 6.42 Å². The fourth-order valence-electron chi connectivity index (χ4n) is 0.748. The lowest BCUT2D eigenvalue weighted by atomic mass is 10.1. The van der Waals surface area contributed by atoms with Crippen molar-refractivity contribution < 1.29 is 4.39 Å². The van der Waals surface area contributed by atoms with E-state index in [1.165, 1.54) is 0 Å². The second kappa shape index (κ2) is 2.80. The molecule has 2 atom stereocenters. The zero-order chi connectivity index (χ0) is 5.98. The van der Waals surface area contributed by atoms with Gasteiger partial charge in [0.25, 0.3) is 0 Å². The van der Waals surface area contributed by atoms with E-state index in [1.807, 2.05) is 12.2 Å². The first-order chi connectivity index (χ1) is 3.80. The molecule has 0 saturated carbocycles. The van der Waals surface area contributed by atoms with E-state index in [1.54, 1.807) is 0 Å². The second-order valence-electron chi connectivity index (χ2n) is 1.97. The highest BCUT2D eigenvalue weighted by Crippen LogP contribution is 2.22. The van der Waals surface area contributed by atoms with Gasteiger partial charge in [-0.05, 0) is 12.8 Å². The molecule has 8 heavy (non-hydrogen) atoms. The molecular weight excluding hydrogens is 218 g/mol. The number of rotatable bonds is 0. The molecule has 2 heteroatoms. The van der Waals surface area contributed by atoms with Crippen LogP contribution in [0.2, 0.25) is 0 Å². The molecule has 0 amide bonds. The zero-order valence-corrected chi connectivity index (χ0v) is 6.64. The van der Waals surface area contributed by atoms with E-state index >= 15 is 0 Å². The molecule has 0 radical (unpaired) electrons. The highest BCUT2D eigenvalue weighted by atomic mass is 127. The SMILES string of the molecule is F[C@H]1CC=CC[C@@H]1I. The quantitative estimate of drug-likeness (QED) is 0.338. The molecule has 1 aliphatic carbocycles. The maximum atomic E-state index is 12.5. The molecule has 1 rings (SSSR count). The second-order valence-corrected chi connectivity index (χ2v) is 3.57. The molecule has 1 aliphatic rings. The Kier molecular flexibility index (Phi) is 2.28. The van der Waals surface area contributed by atoms with Gasteiger partial charge in [0.15, 0.2) is 0 Å². The van der Waals surface area contributed by atoms with Crippen LogP contribution in [-0.4, -0.2) is 10.1 Å². The smallest absolute Gasteiger partial charge is 0.116 e. The lowest BCUT2D eigenvalue weighted by molar-refractivity contribution is 0.327. The summed E-state index contributed by atoms with van der Waals surface area (Å²) in [5.41, 5.74) is 0. The maximum Gasteiger partial charge on any atom is 0.116 e. The van der Waals surface area contributed by atoms with Crippen LogP contribution in [-0.2, 0) is 0 Å². The van der Waals surface area contributed by atoms with Gasteiger partial charge in [-0.2, -0.15) is 0 Å². The van der Waals surface area contributed by atoms with E-state index in [9.17, 15) is 4.39 Å². The van der Waals surface area contributed by atoms with Gasteiger partial charge >= 0.3 is 0 Å². The average Bonchev–Trinajstić information content (AvgIpc) is 1.77. The number of hydrogen-bond donors (Lipinski definition) is 0. The summed E-state index contributed by atoms with van der Waals surface area (Å²) in [5.74, 6) is 0. The predicted molar refractivity (Wildman–Crippen MR) is 41.1 cm³/mol. The number of hydrogen-bond acceptors (Lipinski definition) is 0. The molecule has 0 aromatic heterocycles. The summed E-state index contributed by atoms with van der Waals surface area (Å²) < 4.78 is 12.7. The Bertz CT molecular complexity index is 88.7. The summed E-state index contributed by atoms with van der Waals surface area (Å²) in [6.07, 6.45) is 4.89. The van der Waals surface area contributed by atoms with Crippen molar-refractivity contribution in [1.82, 2.24) is 0 Å². The Labute approximate surface area is 62.3 Å². The van der Waals surface area contributed by atoms with Crippen molar-refractivity contribution in [3.8, 4) is 0 Å². The summed E-state index contributed by atoms with van der Waals surface area (Å²) in [5, 5.41) is 0. The third kappa shape index (κ3) is 1.44. The first kappa shape index (κ1) is 6.52. The third-order valence-electron chi connectivity index (χ3n) is 1.28. The maximum absolute atomic E-state index is 12.5. The first-order valence-corrected chi connectivity index (χ1v) is 3.98. The summed E-state index contributed by atoms with van der Waals surface area (Å²) in [6.45, 7) is 0. The van der Waals surface area contributed by atoms with Crippen LogP contribution in [0.15, 0.2) is 12.2 Å². The Morgan fingerprint density at radius 3 is 2.38 bits per heavy atom. The molecule has 0 nitrogen and oxygen atoms in total. The van der Waals surface area contributed by atoms with E-state index in [2.05, 4.69) is 22.6 Å². The monoisotopic (exact) mass is 226 g/mol. The summed E-state index contributed by atoms with van der Waals surface area (Å²) in [4.78, 5) is 0. The van der Waals surface area contributed by atoms with Crippen LogP contribution in [0.4, 0.5) is 4.39 Å². The van der Waals surface area contributed by atoms with Crippen molar-refractivity contribution in [2.75, 3.05) is 0 Å². The molecule has 0 fully saturated rings. The highest BCUT2D eigenvalue weighted by Gasteiger charge is 2.17. The van der Waals surface area contributed by atoms with Gasteiger partial charge in [0, 0.05) is 3.92 Å². The highest BCUT2D eigenvalue weighted by molar-refractivity contribution is 14.1. The standard InChI is InChI=1S/C6H8FI/c7-5-3-1-2-4-6(5)8/h1-2,5-6H,3-4H2/t5-,6-/m0/s1. The number of halogens is 2. The van der Waals surface area contributed by atoms with E-state index in [4.69, 9.17) is 0 Å². The minimum absolute atomic E-state index is 0.220. The number of alkyl halides is 2. The minimum Gasteiger partial charge on any atom is -0.246 e. The molecule has 0 N–H and O–H groups in total. The van der Waals surface area contributed by atoms with Crippen LogP contribution in [0.1, 0.15) is 12.8 Å². The number of allylic oxidation sites excluding steroid dienone is 2. The normalized spacial score (nSPS) is 37.8. The van der Waals surface area contributed by atoms with Crippen LogP contribution in [0.3, 0.4) is 0 Å². The van der Waals surface area contributed by atoms with Crippen LogP contribution in [0.25, 0.3) is 0 Å². The Morgan fingerprint density at radius 2 is 2.00 bits per heavy atom. The summed E-state index contributed by atoms with van der Waals surface area (Å²) in [6, 6.07) is 0. The van der Waals surface area contributed by atoms with Gasteiger partial charge in [-0.1, -0.05) is 34.7 Å². The van der Waals surface area contributed by atoms with Crippen LogP contribution in [0, 0.1) is 0 Å². The van der Waals surface area contributed by atoms with E-state index in [0.717, 1.165) is 6.42 Å². The lowest BCUT2D eigenvalue weighted by Crippen LogP contribution is -2.16. The van der Waals surface area contributed by atoms with Gasteiger partial charge in [0.2, 0.25) is 0 Å². The lowest BCUT2D eigenvalue weighted by Gasteiger charge is -2.14. The van der Waals surface area contributed by atoms with Gasteiger partial charge in [-0.25, -0.2) is 4.39 Å². The van der Waals surface area contributed by atoms with Gasteiger partial charge in [0.1, 0.15) is 6.17 Å².